The Labute approximate surface area is 195 Å². The molecule has 1 aromatic heterocycles. The van der Waals surface area contributed by atoms with Gasteiger partial charge in [-0.05, 0) is 29.8 Å². The maximum absolute atomic E-state index is 12.5. The van der Waals surface area contributed by atoms with E-state index in [0.717, 1.165) is 22.6 Å². The number of ether oxygens (including phenoxy) is 1. The zero-order valence-corrected chi connectivity index (χ0v) is 18.7. The topological polar surface area (TPSA) is 69.0 Å². The zero-order chi connectivity index (χ0) is 22.2. The molecule has 8 heteroatoms. The maximum atomic E-state index is 12.5. The molecule has 0 saturated heterocycles. The third kappa shape index (κ3) is 5.90. The molecule has 0 bridgehead atoms. The number of rotatable bonds is 9. The molecule has 0 fully saturated rings. The average Bonchev–Trinajstić information content (AvgIpc) is 3.30. The van der Waals surface area contributed by atoms with Gasteiger partial charge in [0, 0.05) is 17.1 Å². The van der Waals surface area contributed by atoms with E-state index in [2.05, 4.69) is 15.5 Å². The van der Waals surface area contributed by atoms with Crippen molar-refractivity contribution < 1.29 is 9.53 Å². The molecule has 0 atom stereocenters. The smallest absolute Gasteiger partial charge is 0.230 e. The lowest BCUT2D eigenvalue weighted by Crippen LogP contribution is -2.25. The first kappa shape index (κ1) is 21.9. The predicted octanol–water partition coefficient (Wildman–Crippen LogP) is 4.91. The standard InChI is InChI=1S/C24H21ClN4O2S/c25-20-10-6-11-21(13-20)29-17-27-28-24(29)32-16-23(30)26-14-19-9-4-5-12-22(19)31-15-18-7-2-1-3-8-18/h1-13,17H,14-16H2,(H,26,30). The number of carbonyl (C=O) groups is 1. The average molecular weight is 465 g/mol. The normalized spacial score (nSPS) is 10.7. The van der Waals surface area contributed by atoms with E-state index in [1.54, 1.807) is 17.0 Å². The van der Waals surface area contributed by atoms with Gasteiger partial charge in [0.15, 0.2) is 5.16 Å². The molecule has 3 aromatic carbocycles. The Kier molecular flexibility index (Phi) is 7.42. The number of amides is 1. The summed E-state index contributed by atoms with van der Waals surface area (Å²) in [5.74, 6) is 0.866. The molecular weight excluding hydrogens is 444 g/mol. The fourth-order valence-electron chi connectivity index (χ4n) is 3.03. The van der Waals surface area contributed by atoms with Gasteiger partial charge in [-0.3, -0.25) is 9.36 Å². The fourth-order valence-corrected chi connectivity index (χ4v) is 3.97. The van der Waals surface area contributed by atoms with Crippen molar-refractivity contribution in [1.82, 2.24) is 20.1 Å². The Morgan fingerprint density at radius 3 is 2.69 bits per heavy atom. The van der Waals surface area contributed by atoms with Crippen LogP contribution in [0.1, 0.15) is 11.1 Å². The Hall–Kier alpha value is -3.29. The van der Waals surface area contributed by atoms with Crippen LogP contribution in [0, 0.1) is 0 Å². The summed E-state index contributed by atoms with van der Waals surface area (Å²) in [6.07, 6.45) is 1.60. The van der Waals surface area contributed by atoms with Crippen LogP contribution < -0.4 is 10.1 Å². The lowest BCUT2D eigenvalue weighted by atomic mass is 10.2. The second kappa shape index (κ2) is 10.8. The zero-order valence-electron chi connectivity index (χ0n) is 17.1. The molecule has 0 spiro atoms. The largest absolute Gasteiger partial charge is 0.489 e. The SMILES string of the molecule is O=C(CSc1nncn1-c1cccc(Cl)c1)NCc1ccccc1OCc1ccccc1. The maximum Gasteiger partial charge on any atom is 0.230 e. The van der Waals surface area contributed by atoms with E-state index >= 15 is 0 Å². The lowest BCUT2D eigenvalue weighted by molar-refractivity contribution is -0.118. The van der Waals surface area contributed by atoms with Crippen LogP contribution in [0.25, 0.3) is 5.69 Å². The molecule has 4 rings (SSSR count). The van der Waals surface area contributed by atoms with E-state index < -0.39 is 0 Å². The molecule has 0 unspecified atom stereocenters. The van der Waals surface area contributed by atoms with Gasteiger partial charge < -0.3 is 10.1 Å². The van der Waals surface area contributed by atoms with Crippen LogP contribution in [0.4, 0.5) is 0 Å². The van der Waals surface area contributed by atoms with Gasteiger partial charge in [-0.25, -0.2) is 0 Å². The first-order valence-electron chi connectivity index (χ1n) is 9.99. The molecule has 1 N–H and O–H groups in total. The van der Waals surface area contributed by atoms with Crippen LogP contribution in [0.5, 0.6) is 5.75 Å². The van der Waals surface area contributed by atoms with Crippen molar-refractivity contribution >= 4 is 29.3 Å². The van der Waals surface area contributed by atoms with Crippen molar-refractivity contribution in [3.8, 4) is 11.4 Å². The molecule has 162 valence electrons. The van der Waals surface area contributed by atoms with Gasteiger partial charge in [0.25, 0.3) is 0 Å². The van der Waals surface area contributed by atoms with Gasteiger partial charge in [0.1, 0.15) is 18.7 Å². The van der Waals surface area contributed by atoms with Crippen molar-refractivity contribution in [2.75, 3.05) is 5.75 Å². The van der Waals surface area contributed by atoms with Crippen LogP contribution in [0.15, 0.2) is 90.3 Å². The van der Waals surface area contributed by atoms with Crippen LogP contribution in [0.3, 0.4) is 0 Å². The third-order valence-corrected chi connectivity index (χ3v) is 5.80. The number of hydrogen-bond donors (Lipinski definition) is 1. The molecule has 0 aliphatic heterocycles. The van der Waals surface area contributed by atoms with E-state index in [-0.39, 0.29) is 11.7 Å². The van der Waals surface area contributed by atoms with Crippen molar-refractivity contribution in [2.45, 2.75) is 18.3 Å². The van der Waals surface area contributed by atoms with Crippen LogP contribution in [-0.2, 0) is 17.9 Å². The van der Waals surface area contributed by atoms with E-state index in [0.29, 0.717) is 23.3 Å². The number of nitrogens with one attached hydrogen (secondary N) is 1. The van der Waals surface area contributed by atoms with E-state index in [1.807, 2.05) is 72.8 Å². The van der Waals surface area contributed by atoms with Crippen LogP contribution in [0.2, 0.25) is 5.02 Å². The first-order valence-corrected chi connectivity index (χ1v) is 11.4. The first-order chi connectivity index (χ1) is 15.7. The number of carbonyl (C=O) groups excluding carboxylic acids is 1. The molecule has 1 amide bonds. The second-order valence-corrected chi connectivity index (χ2v) is 8.29. The number of benzene rings is 3. The quantitative estimate of drug-likeness (QED) is 0.356. The Morgan fingerprint density at radius 2 is 1.84 bits per heavy atom. The molecule has 6 nitrogen and oxygen atoms in total. The fraction of sp³-hybridized carbons (Fsp3) is 0.125. The highest BCUT2D eigenvalue weighted by Gasteiger charge is 2.11. The summed E-state index contributed by atoms with van der Waals surface area (Å²) >= 11 is 7.39. The minimum absolute atomic E-state index is 0.103. The Bertz CT molecular complexity index is 1180. The summed E-state index contributed by atoms with van der Waals surface area (Å²) in [7, 11) is 0. The molecule has 0 aliphatic rings. The number of nitrogens with zero attached hydrogens (tertiary/aromatic N) is 3. The Balaban J connectivity index is 1.31. The molecule has 0 saturated carbocycles. The second-order valence-electron chi connectivity index (χ2n) is 6.91. The molecular formula is C24H21ClN4O2S. The van der Waals surface area contributed by atoms with Gasteiger partial charge in [0.2, 0.25) is 5.91 Å². The van der Waals surface area contributed by atoms with Gasteiger partial charge >= 0.3 is 0 Å². The van der Waals surface area contributed by atoms with Gasteiger partial charge in [0.05, 0.1) is 11.4 Å². The molecule has 0 radical (unpaired) electrons. The molecule has 1 heterocycles. The van der Waals surface area contributed by atoms with Crippen LogP contribution >= 0.6 is 23.4 Å². The number of thioether (sulfide) groups is 1. The summed E-state index contributed by atoms with van der Waals surface area (Å²) in [6, 6.07) is 25.1. The summed E-state index contributed by atoms with van der Waals surface area (Å²) < 4.78 is 7.76. The van der Waals surface area contributed by atoms with Crippen LogP contribution in [-0.4, -0.2) is 26.4 Å². The summed E-state index contributed by atoms with van der Waals surface area (Å²) in [4.78, 5) is 12.5. The molecule has 0 aliphatic carbocycles. The number of halogens is 1. The van der Waals surface area contributed by atoms with Gasteiger partial charge in [-0.1, -0.05) is 78.0 Å². The van der Waals surface area contributed by atoms with E-state index in [1.165, 1.54) is 11.8 Å². The lowest BCUT2D eigenvalue weighted by Gasteiger charge is -2.12. The van der Waals surface area contributed by atoms with Crippen molar-refractivity contribution in [1.29, 1.82) is 0 Å². The third-order valence-electron chi connectivity index (χ3n) is 4.62. The van der Waals surface area contributed by atoms with E-state index in [9.17, 15) is 4.79 Å². The monoisotopic (exact) mass is 464 g/mol. The number of para-hydroxylation sites is 1. The minimum atomic E-state index is -0.103. The number of hydrogen-bond acceptors (Lipinski definition) is 5. The molecule has 32 heavy (non-hydrogen) atoms. The van der Waals surface area contributed by atoms with Gasteiger partial charge in [-0.2, -0.15) is 0 Å². The van der Waals surface area contributed by atoms with E-state index in [4.69, 9.17) is 16.3 Å². The van der Waals surface area contributed by atoms with Gasteiger partial charge in [-0.15, -0.1) is 10.2 Å². The summed E-state index contributed by atoms with van der Waals surface area (Å²) in [5.41, 5.74) is 2.85. The molecule has 4 aromatic rings. The summed E-state index contributed by atoms with van der Waals surface area (Å²) in [5, 5.41) is 12.3. The van der Waals surface area contributed by atoms with Crippen molar-refractivity contribution in [3.63, 3.8) is 0 Å². The minimum Gasteiger partial charge on any atom is -0.489 e. The number of aromatic nitrogens is 3. The van der Waals surface area contributed by atoms with Crippen molar-refractivity contribution in [3.05, 3.63) is 101 Å². The highest BCUT2D eigenvalue weighted by Crippen LogP contribution is 2.22. The highest BCUT2D eigenvalue weighted by atomic mass is 35.5. The highest BCUT2D eigenvalue weighted by molar-refractivity contribution is 7.99. The van der Waals surface area contributed by atoms with Crippen molar-refractivity contribution in [2.24, 2.45) is 0 Å². The predicted molar refractivity (Wildman–Crippen MR) is 126 cm³/mol. The summed E-state index contributed by atoms with van der Waals surface area (Å²) in [6.45, 7) is 0.853. The Morgan fingerprint density at radius 1 is 1.03 bits per heavy atom.